The van der Waals surface area contributed by atoms with E-state index in [1.54, 1.807) is 30.5 Å². The third kappa shape index (κ3) is 4.20. The lowest BCUT2D eigenvalue weighted by Crippen LogP contribution is -2.44. The van der Waals surface area contributed by atoms with Crippen LogP contribution in [0.1, 0.15) is 17.7 Å². The summed E-state index contributed by atoms with van der Waals surface area (Å²) >= 11 is 0. The average Bonchev–Trinajstić information content (AvgIpc) is 3.18. The summed E-state index contributed by atoms with van der Waals surface area (Å²) in [5, 5.41) is 12.4. The van der Waals surface area contributed by atoms with Crippen molar-refractivity contribution in [1.29, 1.82) is 0 Å². The number of para-hydroxylation sites is 1. The number of fused-ring (bicyclic) bond motifs is 1. The highest BCUT2D eigenvalue weighted by atomic mass is 16.5. The Morgan fingerprint density at radius 1 is 1.00 bits per heavy atom. The van der Waals surface area contributed by atoms with Crippen molar-refractivity contribution in [3.63, 3.8) is 0 Å². The lowest BCUT2D eigenvalue weighted by atomic mass is 9.93. The fraction of sp³-hybridized carbons (Fsp3) is 0.190. The van der Waals surface area contributed by atoms with Gasteiger partial charge in [0, 0.05) is 17.4 Å². The second-order valence-electron chi connectivity index (χ2n) is 6.68. The molecule has 28 heavy (non-hydrogen) atoms. The number of carbonyl (C=O) groups excluding carboxylic acids is 2. The monoisotopic (exact) mass is 376 g/mol. The zero-order valence-corrected chi connectivity index (χ0v) is 15.1. The molecule has 0 aliphatic heterocycles. The molecule has 3 N–H and O–H groups in total. The molecule has 2 aromatic carbocycles. The van der Waals surface area contributed by atoms with Crippen LogP contribution >= 0.6 is 0 Å². The Morgan fingerprint density at radius 3 is 2.54 bits per heavy atom. The van der Waals surface area contributed by atoms with Gasteiger partial charge < -0.3 is 15.4 Å². The Balaban J connectivity index is 1.30. The summed E-state index contributed by atoms with van der Waals surface area (Å²) in [6.07, 6.45) is 4.04. The van der Waals surface area contributed by atoms with Crippen LogP contribution in [0.4, 0.5) is 5.69 Å². The van der Waals surface area contributed by atoms with E-state index in [4.69, 9.17) is 4.74 Å². The summed E-state index contributed by atoms with van der Waals surface area (Å²) in [4.78, 5) is 24.4. The summed E-state index contributed by atoms with van der Waals surface area (Å²) in [6, 6.07) is 16.2. The van der Waals surface area contributed by atoms with E-state index < -0.39 is 11.8 Å². The standard InChI is InChI=1S/C21H20N4O3/c26-20(21(27)24-16-8-11-19-14(12-16)13-22-25-19)23-15-6-9-18(10-7-15)28-17-4-2-1-3-5-17/h1-7,9-10,13,16H,8,11-12H2,(H,22,25)(H,23,26)(H,24,27). The van der Waals surface area contributed by atoms with E-state index in [-0.39, 0.29) is 6.04 Å². The molecule has 0 fully saturated rings. The third-order valence-electron chi connectivity index (χ3n) is 4.65. The molecule has 1 atom stereocenters. The number of amides is 2. The van der Waals surface area contributed by atoms with Crippen molar-refractivity contribution in [3.05, 3.63) is 72.1 Å². The van der Waals surface area contributed by atoms with Gasteiger partial charge in [-0.1, -0.05) is 18.2 Å². The second kappa shape index (κ2) is 7.96. The predicted molar refractivity (Wildman–Crippen MR) is 104 cm³/mol. The van der Waals surface area contributed by atoms with E-state index in [1.807, 2.05) is 30.3 Å². The molecule has 0 saturated heterocycles. The fourth-order valence-corrected chi connectivity index (χ4v) is 3.21. The first-order chi connectivity index (χ1) is 13.7. The van der Waals surface area contributed by atoms with Gasteiger partial charge in [-0.15, -0.1) is 0 Å². The molecule has 1 heterocycles. The van der Waals surface area contributed by atoms with E-state index in [2.05, 4.69) is 20.8 Å². The number of benzene rings is 2. The second-order valence-corrected chi connectivity index (χ2v) is 6.68. The fourth-order valence-electron chi connectivity index (χ4n) is 3.21. The number of nitrogens with one attached hydrogen (secondary N) is 3. The van der Waals surface area contributed by atoms with Gasteiger partial charge >= 0.3 is 11.8 Å². The van der Waals surface area contributed by atoms with Crippen LogP contribution in [0.5, 0.6) is 11.5 Å². The largest absolute Gasteiger partial charge is 0.457 e. The number of hydrogen-bond acceptors (Lipinski definition) is 4. The summed E-state index contributed by atoms with van der Waals surface area (Å²) in [5.41, 5.74) is 2.72. The number of rotatable bonds is 4. The minimum Gasteiger partial charge on any atom is -0.457 e. The topological polar surface area (TPSA) is 96.1 Å². The number of anilines is 1. The molecule has 1 unspecified atom stereocenters. The maximum Gasteiger partial charge on any atom is 0.313 e. The van der Waals surface area contributed by atoms with Gasteiger partial charge in [0.05, 0.1) is 6.20 Å². The molecule has 4 rings (SSSR count). The lowest BCUT2D eigenvalue weighted by molar-refractivity contribution is -0.136. The van der Waals surface area contributed by atoms with Crippen LogP contribution in [-0.2, 0) is 22.4 Å². The van der Waals surface area contributed by atoms with Gasteiger partial charge in [0.1, 0.15) is 11.5 Å². The van der Waals surface area contributed by atoms with E-state index in [9.17, 15) is 9.59 Å². The Labute approximate surface area is 162 Å². The number of aromatic amines is 1. The van der Waals surface area contributed by atoms with Crippen LogP contribution in [0.2, 0.25) is 0 Å². The Bertz CT molecular complexity index is 967. The van der Waals surface area contributed by atoms with Crippen molar-refractivity contribution in [2.45, 2.75) is 25.3 Å². The van der Waals surface area contributed by atoms with Gasteiger partial charge in [0.15, 0.2) is 0 Å². The number of ether oxygens (including phenoxy) is 1. The van der Waals surface area contributed by atoms with E-state index >= 15 is 0 Å². The maximum atomic E-state index is 12.2. The van der Waals surface area contributed by atoms with Gasteiger partial charge in [-0.3, -0.25) is 14.7 Å². The molecule has 7 heteroatoms. The Hall–Kier alpha value is -3.61. The molecule has 7 nitrogen and oxygen atoms in total. The summed E-state index contributed by atoms with van der Waals surface area (Å²) in [7, 11) is 0. The van der Waals surface area contributed by atoms with Crippen molar-refractivity contribution in [3.8, 4) is 11.5 Å². The van der Waals surface area contributed by atoms with E-state index in [0.717, 1.165) is 29.8 Å². The van der Waals surface area contributed by atoms with Crippen molar-refractivity contribution < 1.29 is 14.3 Å². The number of aryl methyl sites for hydroxylation is 1. The molecule has 0 spiro atoms. The molecule has 2 amide bonds. The molecule has 1 aliphatic carbocycles. The van der Waals surface area contributed by atoms with E-state index in [0.29, 0.717) is 17.9 Å². The highest BCUT2D eigenvalue weighted by Crippen LogP contribution is 2.23. The number of carbonyl (C=O) groups is 2. The van der Waals surface area contributed by atoms with Crippen LogP contribution in [-0.4, -0.2) is 28.1 Å². The van der Waals surface area contributed by atoms with E-state index in [1.165, 1.54) is 0 Å². The van der Waals surface area contributed by atoms with Crippen LogP contribution in [0.15, 0.2) is 60.8 Å². The highest BCUT2D eigenvalue weighted by molar-refractivity contribution is 6.39. The first kappa shape index (κ1) is 17.8. The molecular weight excluding hydrogens is 356 g/mol. The molecule has 1 aromatic heterocycles. The number of hydrogen-bond donors (Lipinski definition) is 3. The number of H-pyrrole nitrogens is 1. The predicted octanol–water partition coefficient (Wildman–Crippen LogP) is 2.81. The summed E-state index contributed by atoms with van der Waals surface area (Å²) in [6.45, 7) is 0. The van der Waals surface area contributed by atoms with Crippen LogP contribution in [0.3, 0.4) is 0 Å². The molecule has 1 aliphatic rings. The molecular formula is C21H20N4O3. The molecule has 142 valence electrons. The quantitative estimate of drug-likeness (QED) is 0.610. The van der Waals surface area contributed by atoms with Crippen LogP contribution < -0.4 is 15.4 Å². The SMILES string of the molecule is O=C(Nc1ccc(Oc2ccccc2)cc1)C(=O)NC1CCc2[nH]ncc2C1. The maximum absolute atomic E-state index is 12.2. The zero-order chi connectivity index (χ0) is 19.3. The van der Waals surface area contributed by atoms with Crippen LogP contribution in [0, 0.1) is 0 Å². The molecule has 3 aromatic rings. The normalized spacial score (nSPS) is 15.4. The summed E-state index contributed by atoms with van der Waals surface area (Å²) in [5.74, 6) is 0.0509. The Kier molecular flexibility index (Phi) is 5.05. The van der Waals surface area contributed by atoms with Gasteiger partial charge in [0.25, 0.3) is 0 Å². The minimum absolute atomic E-state index is 0.0648. The Morgan fingerprint density at radius 2 is 1.75 bits per heavy atom. The smallest absolute Gasteiger partial charge is 0.313 e. The number of aromatic nitrogens is 2. The lowest BCUT2D eigenvalue weighted by Gasteiger charge is -2.22. The van der Waals surface area contributed by atoms with Crippen molar-refractivity contribution in [1.82, 2.24) is 15.5 Å². The third-order valence-corrected chi connectivity index (χ3v) is 4.65. The minimum atomic E-state index is -0.685. The average molecular weight is 376 g/mol. The molecule has 0 radical (unpaired) electrons. The van der Waals surface area contributed by atoms with Crippen molar-refractivity contribution in [2.24, 2.45) is 0 Å². The van der Waals surface area contributed by atoms with Gasteiger partial charge in [-0.2, -0.15) is 5.10 Å². The van der Waals surface area contributed by atoms with Crippen molar-refractivity contribution >= 4 is 17.5 Å². The zero-order valence-electron chi connectivity index (χ0n) is 15.1. The molecule has 0 saturated carbocycles. The van der Waals surface area contributed by atoms with Crippen LogP contribution in [0.25, 0.3) is 0 Å². The van der Waals surface area contributed by atoms with Gasteiger partial charge in [-0.25, -0.2) is 0 Å². The first-order valence-electron chi connectivity index (χ1n) is 9.13. The highest BCUT2D eigenvalue weighted by Gasteiger charge is 2.24. The van der Waals surface area contributed by atoms with Gasteiger partial charge in [0.2, 0.25) is 0 Å². The number of nitrogens with zero attached hydrogens (tertiary/aromatic N) is 1. The summed E-state index contributed by atoms with van der Waals surface area (Å²) < 4.78 is 5.71. The molecule has 0 bridgehead atoms. The first-order valence-corrected chi connectivity index (χ1v) is 9.13. The van der Waals surface area contributed by atoms with Crippen molar-refractivity contribution in [2.75, 3.05) is 5.32 Å². The van der Waals surface area contributed by atoms with Gasteiger partial charge in [-0.05, 0) is 61.2 Å².